The molecule has 70 valence electrons. The fourth-order valence-electron chi connectivity index (χ4n) is 0.271. The summed E-state index contributed by atoms with van der Waals surface area (Å²) in [6.07, 6.45) is 0. The minimum atomic E-state index is -3.71. The Morgan fingerprint density at radius 3 is 2.25 bits per heavy atom. The quantitative estimate of drug-likeness (QED) is 0.505. The Kier molecular flexibility index (Phi) is 3.37. The number of hydrazine groups is 1. The number of carbonyl (C=O) groups excluding carboxylic acids is 2. The molecule has 5 nitrogen and oxygen atoms in total. The maximum Gasteiger partial charge on any atom is 0.379 e. The van der Waals surface area contributed by atoms with Crippen LogP contribution in [-0.2, 0) is 4.79 Å². The second kappa shape index (κ2) is 3.65. The Bertz CT molecular complexity index is 205. The molecule has 12 heavy (non-hydrogen) atoms. The van der Waals surface area contributed by atoms with Crippen LogP contribution >= 0.6 is 15.9 Å². The molecule has 0 fully saturated rings. The van der Waals surface area contributed by atoms with Crippen molar-refractivity contribution in [3.8, 4) is 0 Å². The SMILES string of the molecule is CN(NC(=O)C(F)(F)Br)C(N)=O. The first-order valence-electron chi connectivity index (χ1n) is 2.66. The molecule has 0 saturated heterocycles. The monoisotopic (exact) mass is 245 g/mol. The van der Waals surface area contributed by atoms with Gasteiger partial charge in [0.25, 0.3) is 0 Å². The Hall–Kier alpha value is -0.920. The van der Waals surface area contributed by atoms with E-state index in [0.29, 0.717) is 5.01 Å². The van der Waals surface area contributed by atoms with Crippen LogP contribution in [0, 0.1) is 0 Å². The molecule has 0 heterocycles. The number of alkyl halides is 3. The number of nitrogens with two attached hydrogens (primary N) is 1. The fraction of sp³-hybridized carbons (Fsp3) is 0.500. The van der Waals surface area contributed by atoms with E-state index in [-0.39, 0.29) is 0 Å². The average molecular weight is 246 g/mol. The molecule has 0 spiro atoms. The molecule has 0 bridgehead atoms. The summed E-state index contributed by atoms with van der Waals surface area (Å²) in [6, 6.07) is -1.04. The number of halogens is 3. The maximum absolute atomic E-state index is 12.1. The van der Waals surface area contributed by atoms with Crippen LogP contribution in [0.1, 0.15) is 0 Å². The van der Waals surface area contributed by atoms with Gasteiger partial charge in [0.1, 0.15) is 0 Å². The lowest BCUT2D eigenvalue weighted by molar-refractivity contribution is -0.137. The summed E-state index contributed by atoms with van der Waals surface area (Å²) >= 11 is 1.80. The topological polar surface area (TPSA) is 75.4 Å². The van der Waals surface area contributed by atoms with Gasteiger partial charge >= 0.3 is 16.8 Å². The molecule has 0 atom stereocenters. The third-order valence-corrected chi connectivity index (χ3v) is 1.22. The number of urea groups is 1. The summed E-state index contributed by atoms with van der Waals surface area (Å²) in [4.78, 5) is 16.9. The first-order valence-corrected chi connectivity index (χ1v) is 3.45. The van der Waals surface area contributed by atoms with Gasteiger partial charge in [-0.05, 0) is 0 Å². The molecule has 0 aromatic carbocycles. The van der Waals surface area contributed by atoms with Crippen molar-refractivity contribution >= 4 is 27.9 Å². The maximum atomic E-state index is 12.1. The second-order valence-corrected chi connectivity index (χ2v) is 2.83. The van der Waals surface area contributed by atoms with E-state index >= 15 is 0 Å². The molecular formula is C4H6BrF2N3O2. The zero-order valence-electron chi connectivity index (χ0n) is 5.97. The Morgan fingerprint density at radius 1 is 1.58 bits per heavy atom. The van der Waals surface area contributed by atoms with Gasteiger partial charge in [-0.15, -0.1) is 0 Å². The minimum Gasteiger partial charge on any atom is -0.350 e. The van der Waals surface area contributed by atoms with Crippen molar-refractivity contribution in [2.75, 3.05) is 7.05 Å². The number of primary amides is 1. The number of nitrogens with one attached hydrogen (secondary N) is 1. The first kappa shape index (κ1) is 11.1. The highest BCUT2D eigenvalue weighted by Crippen LogP contribution is 2.21. The van der Waals surface area contributed by atoms with Gasteiger partial charge < -0.3 is 5.73 Å². The lowest BCUT2D eigenvalue weighted by Gasteiger charge is -2.17. The molecule has 0 rings (SSSR count). The first-order chi connectivity index (χ1) is 5.25. The summed E-state index contributed by atoms with van der Waals surface area (Å²) in [5.41, 5.74) is 6.18. The molecule has 0 aromatic heterocycles. The van der Waals surface area contributed by atoms with E-state index in [9.17, 15) is 18.4 Å². The molecule has 0 aliphatic rings. The third kappa shape index (κ3) is 3.46. The van der Waals surface area contributed by atoms with Crippen molar-refractivity contribution in [2.24, 2.45) is 5.73 Å². The number of hydrogen-bond donors (Lipinski definition) is 2. The van der Waals surface area contributed by atoms with Gasteiger partial charge in [-0.1, -0.05) is 0 Å². The highest BCUT2D eigenvalue weighted by atomic mass is 79.9. The van der Waals surface area contributed by atoms with E-state index in [2.05, 4.69) is 5.73 Å². The van der Waals surface area contributed by atoms with Gasteiger partial charge in [0.2, 0.25) is 0 Å². The van der Waals surface area contributed by atoms with Crippen LogP contribution in [0.25, 0.3) is 0 Å². The highest BCUT2D eigenvalue weighted by molar-refractivity contribution is 9.10. The molecule has 8 heteroatoms. The standard InChI is InChI=1S/C4H6BrF2N3O2/c1-10(3(8)12)9-2(11)4(5,6)7/h1H3,(H2,8,12)(H,9,11). The molecule has 0 unspecified atom stereocenters. The Balaban J connectivity index is 4.11. The molecule has 0 radical (unpaired) electrons. The molecular weight excluding hydrogens is 240 g/mol. The van der Waals surface area contributed by atoms with Crippen LogP contribution in [-0.4, -0.2) is 28.8 Å². The van der Waals surface area contributed by atoms with Crippen LogP contribution in [0.3, 0.4) is 0 Å². The number of nitrogens with zero attached hydrogens (tertiary/aromatic N) is 1. The van der Waals surface area contributed by atoms with Gasteiger partial charge in [-0.2, -0.15) is 8.78 Å². The van der Waals surface area contributed by atoms with Crippen molar-refractivity contribution in [3.63, 3.8) is 0 Å². The third-order valence-electron chi connectivity index (χ3n) is 0.857. The van der Waals surface area contributed by atoms with Crippen molar-refractivity contribution in [1.29, 1.82) is 0 Å². The second-order valence-electron chi connectivity index (χ2n) is 1.84. The zero-order chi connectivity index (χ0) is 9.94. The lowest BCUT2D eigenvalue weighted by atomic mass is 10.6. The predicted molar refractivity (Wildman–Crippen MR) is 39.4 cm³/mol. The molecule has 3 amide bonds. The van der Waals surface area contributed by atoms with Gasteiger partial charge in [-0.3, -0.25) is 10.2 Å². The average Bonchev–Trinajstić information content (AvgIpc) is 1.85. The van der Waals surface area contributed by atoms with Gasteiger partial charge in [0.05, 0.1) is 0 Å². The lowest BCUT2D eigenvalue weighted by Crippen LogP contribution is -2.50. The van der Waals surface area contributed by atoms with Crippen molar-refractivity contribution in [2.45, 2.75) is 4.83 Å². The van der Waals surface area contributed by atoms with Crippen LogP contribution in [0.5, 0.6) is 0 Å². The smallest absolute Gasteiger partial charge is 0.350 e. The normalized spacial score (nSPS) is 10.7. The summed E-state index contributed by atoms with van der Waals surface area (Å²) in [6.45, 7) is 0. The molecule has 0 aliphatic heterocycles. The Morgan fingerprint density at radius 2 is 2.00 bits per heavy atom. The van der Waals surface area contributed by atoms with Crippen molar-refractivity contribution in [1.82, 2.24) is 10.4 Å². The summed E-state index contributed by atoms with van der Waals surface area (Å²) in [7, 11) is 1.04. The number of hydrogen-bond acceptors (Lipinski definition) is 2. The van der Waals surface area contributed by atoms with Gasteiger partial charge in [0, 0.05) is 23.0 Å². The van der Waals surface area contributed by atoms with Crippen LogP contribution < -0.4 is 11.2 Å². The molecule has 3 N–H and O–H groups in total. The highest BCUT2D eigenvalue weighted by Gasteiger charge is 2.36. The van der Waals surface area contributed by atoms with E-state index < -0.39 is 16.8 Å². The summed E-state index contributed by atoms with van der Waals surface area (Å²) in [5, 5.41) is 0.442. The number of carbonyl (C=O) groups is 2. The largest absolute Gasteiger partial charge is 0.379 e. The summed E-state index contributed by atoms with van der Waals surface area (Å²) in [5.74, 6) is -1.66. The molecule has 0 aliphatic carbocycles. The van der Waals surface area contributed by atoms with Gasteiger partial charge in [-0.25, -0.2) is 9.80 Å². The van der Waals surface area contributed by atoms with Crippen molar-refractivity contribution in [3.05, 3.63) is 0 Å². The Labute approximate surface area is 75.0 Å². The molecule has 0 aromatic rings. The molecule has 0 saturated carbocycles. The van der Waals surface area contributed by atoms with Gasteiger partial charge in [0.15, 0.2) is 0 Å². The van der Waals surface area contributed by atoms with E-state index in [4.69, 9.17) is 0 Å². The number of amides is 3. The van der Waals surface area contributed by atoms with Crippen LogP contribution in [0.4, 0.5) is 13.6 Å². The van der Waals surface area contributed by atoms with Crippen molar-refractivity contribution < 1.29 is 18.4 Å². The van der Waals surface area contributed by atoms with E-state index in [1.807, 2.05) is 0 Å². The van der Waals surface area contributed by atoms with E-state index in [1.165, 1.54) is 0 Å². The van der Waals surface area contributed by atoms with Crippen LogP contribution in [0.15, 0.2) is 0 Å². The fourth-order valence-corrected chi connectivity index (χ4v) is 0.359. The number of rotatable bonds is 1. The summed E-state index contributed by atoms with van der Waals surface area (Å²) < 4.78 is 24.1. The zero-order valence-corrected chi connectivity index (χ0v) is 7.56. The minimum absolute atomic E-state index is 0.442. The predicted octanol–water partition coefficient (Wildman–Crippen LogP) is 0.0158. The van der Waals surface area contributed by atoms with Crippen LogP contribution in [0.2, 0.25) is 0 Å². The van der Waals surface area contributed by atoms with E-state index in [1.54, 1.807) is 21.4 Å². The van der Waals surface area contributed by atoms with E-state index in [0.717, 1.165) is 7.05 Å².